The smallest absolute Gasteiger partial charge is 0.229 e. The van der Waals surface area contributed by atoms with E-state index >= 15 is 0 Å². The van der Waals surface area contributed by atoms with Crippen LogP contribution in [0.4, 0.5) is 0 Å². The Morgan fingerprint density at radius 1 is 1.17 bits per heavy atom. The molecule has 18 heavy (non-hydrogen) atoms. The van der Waals surface area contributed by atoms with E-state index in [4.69, 9.17) is 0 Å². The molecule has 0 aromatic carbocycles. The summed E-state index contributed by atoms with van der Waals surface area (Å²) in [5.74, 6) is 0.252. The van der Waals surface area contributed by atoms with Gasteiger partial charge in [-0.3, -0.25) is 14.5 Å². The summed E-state index contributed by atoms with van der Waals surface area (Å²) in [5, 5.41) is 3.33. The zero-order valence-corrected chi connectivity index (χ0v) is 12.2. The Morgan fingerprint density at radius 2 is 1.67 bits per heavy atom. The minimum Gasteiger partial charge on any atom is -0.314 e. The molecule has 1 aliphatic rings. The first-order valence-electron chi connectivity index (χ1n) is 6.78. The molecule has 1 rings (SSSR count). The Morgan fingerprint density at radius 3 is 2.11 bits per heavy atom. The Labute approximate surface area is 110 Å². The third-order valence-electron chi connectivity index (χ3n) is 3.23. The molecule has 1 fully saturated rings. The molecule has 0 bridgehead atoms. The minimum atomic E-state index is -0.177. The topological polar surface area (TPSA) is 49.4 Å². The standard InChI is InChI=1S/C14H26N2O2/c1-10(2)15-8-11(3)9-16-12(17)6-14(4,5)7-13(16)18/h10-11,15H,6-9H2,1-5H3. The average Bonchev–Trinajstić information content (AvgIpc) is 2.19. The maximum Gasteiger partial charge on any atom is 0.229 e. The van der Waals surface area contributed by atoms with Crippen LogP contribution in [0.1, 0.15) is 47.5 Å². The third-order valence-corrected chi connectivity index (χ3v) is 3.23. The third kappa shape index (κ3) is 4.41. The number of piperidine rings is 1. The van der Waals surface area contributed by atoms with E-state index in [-0.39, 0.29) is 17.2 Å². The van der Waals surface area contributed by atoms with E-state index in [1.54, 1.807) is 0 Å². The normalized spacial score (nSPS) is 21.6. The molecule has 104 valence electrons. The van der Waals surface area contributed by atoms with Crippen molar-refractivity contribution < 1.29 is 9.59 Å². The largest absolute Gasteiger partial charge is 0.314 e. The van der Waals surface area contributed by atoms with Gasteiger partial charge in [-0.2, -0.15) is 0 Å². The van der Waals surface area contributed by atoms with Crippen LogP contribution in [-0.2, 0) is 9.59 Å². The highest BCUT2D eigenvalue weighted by atomic mass is 16.2. The van der Waals surface area contributed by atoms with Crippen LogP contribution in [-0.4, -0.2) is 35.8 Å². The first kappa shape index (κ1) is 15.2. The van der Waals surface area contributed by atoms with Gasteiger partial charge in [0.2, 0.25) is 11.8 Å². The number of hydrogen-bond donors (Lipinski definition) is 1. The Balaban J connectivity index is 2.51. The zero-order chi connectivity index (χ0) is 13.9. The number of nitrogens with one attached hydrogen (secondary N) is 1. The van der Waals surface area contributed by atoms with Crippen molar-refractivity contribution in [1.29, 1.82) is 0 Å². The highest BCUT2D eigenvalue weighted by Gasteiger charge is 2.37. The number of nitrogens with zero attached hydrogens (tertiary/aromatic N) is 1. The molecule has 0 aromatic heterocycles. The second-order valence-electron chi connectivity index (χ2n) is 6.58. The quantitative estimate of drug-likeness (QED) is 0.761. The highest BCUT2D eigenvalue weighted by Crippen LogP contribution is 2.31. The molecule has 1 unspecified atom stereocenters. The van der Waals surface area contributed by atoms with Gasteiger partial charge in [-0.15, -0.1) is 0 Å². The molecule has 4 heteroatoms. The molecule has 1 N–H and O–H groups in total. The number of carbonyl (C=O) groups excluding carboxylic acids is 2. The Bertz CT molecular complexity index is 304. The lowest BCUT2D eigenvalue weighted by atomic mass is 9.81. The van der Waals surface area contributed by atoms with E-state index in [0.29, 0.717) is 31.3 Å². The molecule has 1 saturated heterocycles. The SMILES string of the molecule is CC(CNC(C)C)CN1C(=O)CC(C)(C)CC1=O. The van der Waals surface area contributed by atoms with Crippen molar-refractivity contribution in [2.24, 2.45) is 11.3 Å². The van der Waals surface area contributed by atoms with E-state index < -0.39 is 0 Å². The van der Waals surface area contributed by atoms with Gasteiger partial charge >= 0.3 is 0 Å². The summed E-state index contributed by atoms with van der Waals surface area (Å²) in [6.07, 6.45) is 0.951. The Kier molecular flexibility index (Phi) is 4.91. The monoisotopic (exact) mass is 254 g/mol. The van der Waals surface area contributed by atoms with Gasteiger partial charge in [-0.05, 0) is 17.9 Å². The summed E-state index contributed by atoms with van der Waals surface area (Å²) in [5.41, 5.74) is -0.177. The maximum absolute atomic E-state index is 12.0. The molecule has 0 aliphatic carbocycles. The van der Waals surface area contributed by atoms with Crippen LogP contribution in [0.2, 0.25) is 0 Å². The summed E-state index contributed by atoms with van der Waals surface area (Å²) in [6, 6.07) is 0.430. The van der Waals surface area contributed by atoms with Gasteiger partial charge in [0.05, 0.1) is 0 Å². The van der Waals surface area contributed by atoms with Gasteiger partial charge in [0, 0.05) is 25.4 Å². The van der Waals surface area contributed by atoms with Crippen molar-refractivity contribution >= 4 is 11.8 Å². The summed E-state index contributed by atoms with van der Waals surface area (Å²) < 4.78 is 0. The molecule has 0 saturated carbocycles. The van der Waals surface area contributed by atoms with E-state index in [0.717, 1.165) is 6.54 Å². The van der Waals surface area contributed by atoms with Crippen LogP contribution in [0.5, 0.6) is 0 Å². The fraction of sp³-hybridized carbons (Fsp3) is 0.857. The number of amides is 2. The summed E-state index contributed by atoms with van der Waals surface area (Å²) in [7, 11) is 0. The molecular weight excluding hydrogens is 228 g/mol. The van der Waals surface area contributed by atoms with Crippen LogP contribution in [0, 0.1) is 11.3 Å². The molecule has 4 nitrogen and oxygen atoms in total. The fourth-order valence-electron chi connectivity index (χ4n) is 2.23. The number of carbonyl (C=O) groups is 2. The maximum atomic E-state index is 12.0. The predicted octanol–water partition coefficient (Wildman–Crippen LogP) is 1.80. The van der Waals surface area contributed by atoms with Crippen LogP contribution < -0.4 is 5.32 Å². The van der Waals surface area contributed by atoms with Crippen LogP contribution in [0.15, 0.2) is 0 Å². The number of imide groups is 1. The molecule has 1 aliphatic heterocycles. The lowest BCUT2D eigenvalue weighted by Gasteiger charge is -2.36. The molecule has 0 spiro atoms. The van der Waals surface area contributed by atoms with Crippen molar-refractivity contribution in [3.63, 3.8) is 0 Å². The summed E-state index contributed by atoms with van der Waals surface area (Å²) in [6.45, 7) is 11.6. The van der Waals surface area contributed by atoms with Crippen molar-refractivity contribution in [1.82, 2.24) is 10.2 Å². The summed E-state index contributed by atoms with van der Waals surface area (Å²) >= 11 is 0. The van der Waals surface area contributed by atoms with Crippen LogP contribution in [0.3, 0.4) is 0 Å². The molecule has 1 heterocycles. The van der Waals surface area contributed by atoms with Crippen molar-refractivity contribution in [2.75, 3.05) is 13.1 Å². The predicted molar refractivity (Wildman–Crippen MR) is 72.0 cm³/mol. The van der Waals surface area contributed by atoms with Gasteiger partial charge < -0.3 is 5.32 Å². The lowest BCUT2D eigenvalue weighted by Crippen LogP contribution is -2.48. The molecular formula is C14H26N2O2. The van der Waals surface area contributed by atoms with Gasteiger partial charge in [-0.1, -0.05) is 34.6 Å². The zero-order valence-electron chi connectivity index (χ0n) is 12.2. The second-order valence-corrected chi connectivity index (χ2v) is 6.58. The molecule has 0 radical (unpaired) electrons. The Hall–Kier alpha value is -0.900. The number of likely N-dealkylation sites (tertiary alicyclic amines) is 1. The van der Waals surface area contributed by atoms with Gasteiger partial charge in [0.15, 0.2) is 0 Å². The first-order chi connectivity index (χ1) is 8.21. The van der Waals surface area contributed by atoms with Crippen LogP contribution in [0.25, 0.3) is 0 Å². The van der Waals surface area contributed by atoms with Crippen LogP contribution >= 0.6 is 0 Å². The first-order valence-corrected chi connectivity index (χ1v) is 6.78. The van der Waals surface area contributed by atoms with E-state index in [1.165, 1.54) is 4.90 Å². The highest BCUT2D eigenvalue weighted by molar-refractivity contribution is 5.98. The molecule has 2 amide bonds. The van der Waals surface area contributed by atoms with E-state index in [1.807, 2.05) is 13.8 Å². The van der Waals surface area contributed by atoms with Gasteiger partial charge in [0.25, 0.3) is 0 Å². The fourth-order valence-corrected chi connectivity index (χ4v) is 2.23. The van der Waals surface area contributed by atoms with E-state index in [2.05, 4.69) is 26.1 Å². The van der Waals surface area contributed by atoms with Crippen molar-refractivity contribution in [2.45, 2.75) is 53.5 Å². The molecule has 0 aromatic rings. The van der Waals surface area contributed by atoms with Gasteiger partial charge in [0.1, 0.15) is 0 Å². The van der Waals surface area contributed by atoms with Gasteiger partial charge in [-0.25, -0.2) is 0 Å². The van der Waals surface area contributed by atoms with E-state index in [9.17, 15) is 9.59 Å². The number of hydrogen-bond acceptors (Lipinski definition) is 3. The number of rotatable bonds is 5. The van der Waals surface area contributed by atoms with Crippen molar-refractivity contribution in [3.05, 3.63) is 0 Å². The lowest BCUT2D eigenvalue weighted by molar-refractivity contribution is -0.153. The molecule has 1 atom stereocenters. The average molecular weight is 254 g/mol. The van der Waals surface area contributed by atoms with Crippen molar-refractivity contribution in [3.8, 4) is 0 Å². The second kappa shape index (κ2) is 5.83. The summed E-state index contributed by atoms with van der Waals surface area (Å²) in [4.78, 5) is 25.4. The minimum absolute atomic E-state index is 0.0207.